The standard InChI is InChI=1S/C25H21F3N2O2/c1-16(2)19-7-3-5-9-22(19)30-15-21(20-8-4-6-10-23(20)30)24(31)29-17-11-13-18(14-12-17)32-25(26,27)28/h3-16H,1-2H3,(H,29,31). The molecule has 1 amide bonds. The molecule has 1 heterocycles. The minimum atomic E-state index is -4.77. The van der Waals surface area contributed by atoms with Gasteiger partial charge in [0.2, 0.25) is 0 Å². The zero-order valence-electron chi connectivity index (χ0n) is 17.5. The molecule has 4 rings (SSSR count). The van der Waals surface area contributed by atoms with Crippen molar-refractivity contribution in [1.82, 2.24) is 4.57 Å². The Bertz CT molecular complexity index is 1260. The van der Waals surface area contributed by atoms with Gasteiger partial charge in [-0.1, -0.05) is 50.2 Å². The molecule has 0 atom stereocenters. The van der Waals surface area contributed by atoms with Crippen molar-refractivity contribution in [2.45, 2.75) is 26.1 Å². The fourth-order valence-electron chi connectivity index (χ4n) is 3.69. The first kappa shape index (κ1) is 21.5. The maximum atomic E-state index is 13.1. The molecule has 0 saturated heterocycles. The number of rotatable bonds is 5. The minimum absolute atomic E-state index is 0.294. The van der Waals surface area contributed by atoms with Crippen LogP contribution in [0, 0.1) is 0 Å². The Morgan fingerprint density at radius 2 is 1.59 bits per heavy atom. The van der Waals surface area contributed by atoms with Crippen LogP contribution in [0.3, 0.4) is 0 Å². The van der Waals surface area contributed by atoms with E-state index in [0.717, 1.165) is 34.3 Å². The van der Waals surface area contributed by atoms with Crippen molar-refractivity contribution in [3.05, 3.63) is 90.1 Å². The van der Waals surface area contributed by atoms with Crippen molar-refractivity contribution < 1.29 is 22.7 Å². The first-order valence-corrected chi connectivity index (χ1v) is 10.1. The maximum absolute atomic E-state index is 13.1. The fourth-order valence-corrected chi connectivity index (χ4v) is 3.69. The minimum Gasteiger partial charge on any atom is -0.406 e. The molecule has 0 bridgehead atoms. The second-order valence-corrected chi connectivity index (χ2v) is 7.67. The Morgan fingerprint density at radius 1 is 0.938 bits per heavy atom. The van der Waals surface area contributed by atoms with Gasteiger partial charge >= 0.3 is 6.36 Å². The average molecular weight is 438 g/mol. The number of alkyl halides is 3. The lowest BCUT2D eigenvalue weighted by atomic mass is 10.0. The predicted molar refractivity (Wildman–Crippen MR) is 118 cm³/mol. The van der Waals surface area contributed by atoms with E-state index in [2.05, 4.69) is 30.0 Å². The van der Waals surface area contributed by atoms with Crippen LogP contribution < -0.4 is 10.1 Å². The highest BCUT2D eigenvalue weighted by molar-refractivity contribution is 6.13. The van der Waals surface area contributed by atoms with Crippen LogP contribution in [0.1, 0.15) is 35.7 Å². The number of aromatic nitrogens is 1. The number of amides is 1. The third-order valence-electron chi connectivity index (χ3n) is 5.12. The number of nitrogens with one attached hydrogen (secondary N) is 1. The van der Waals surface area contributed by atoms with E-state index in [1.807, 2.05) is 47.0 Å². The number of carbonyl (C=O) groups excluding carboxylic acids is 1. The van der Waals surface area contributed by atoms with E-state index in [1.54, 1.807) is 6.20 Å². The Labute approximate surface area is 183 Å². The molecule has 0 unspecified atom stereocenters. The van der Waals surface area contributed by atoms with Crippen LogP contribution in [0.2, 0.25) is 0 Å². The van der Waals surface area contributed by atoms with Crippen molar-refractivity contribution in [1.29, 1.82) is 0 Å². The number of ether oxygens (including phenoxy) is 1. The van der Waals surface area contributed by atoms with Crippen LogP contribution in [0.15, 0.2) is 79.0 Å². The van der Waals surface area contributed by atoms with Gasteiger partial charge in [0.25, 0.3) is 5.91 Å². The van der Waals surface area contributed by atoms with Gasteiger partial charge in [0.05, 0.1) is 11.1 Å². The molecule has 0 radical (unpaired) electrons. The number of nitrogens with zero attached hydrogens (tertiary/aromatic N) is 1. The quantitative estimate of drug-likeness (QED) is 0.368. The lowest BCUT2D eigenvalue weighted by Gasteiger charge is -2.14. The normalized spacial score (nSPS) is 11.7. The van der Waals surface area contributed by atoms with E-state index in [0.29, 0.717) is 17.2 Å². The van der Waals surface area contributed by atoms with Gasteiger partial charge in [-0.2, -0.15) is 0 Å². The number of anilines is 1. The van der Waals surface area contributed by atoms with Crippen LogP contribution in [-0.2, 0) is 0 Å². The molecule has 1 N–H and O–H groups in total. The van der Waals surface area contributed by atoms with Crippen molar-refractivity contribution in [3.8, 4) is 11.4 Å². The number of carbonyl (C=O) groups is 1. The molecule has 0 saturated carbocycles. The number of fused-ring (bicyclic) bond motifs is 1. The van der Waals surface area contributed by atoms with Crippen molar-refractivity contribution in [3.63, 3.8) is 0 Å². The molecule has 32 heavy (non-hydrogen) atoms. The Kier molecular flexibility index (Phi) is 5.65. The van der Waals surface area contributed by atoms with Gasteiger partial charge in [0, 0.05) is 23.0 Å². The third-order valence-corrected chi connectivity index (χ3v) is 5.12. The summed E-state index contributed by atoms with van der Waals surface area (Å²) in [5.74, 6) is -0.411. The molecule has 7 heteroatoms. The molecule has 0 fully saturated rings. The van der Waals surface area contributed by atoms with Crippen molar-refractivity contribution in [2.24, 2.45) is 0 Å². The fraction of sp³-hybridized carbons (Fsp3) is 0.160. The summed E-state index contributed by atoms with van der Waals surface area (Å²) in [4.78, 5) is 13.1. The summed E-state index contributed by atoms with van der Waals surface area (Å²) < 4.78 is 42.9. The SMILES string of the molecule is CC(C)c1ccccc1-n1cc(C(=O)Nc2ccc(OC(F)(F)F)cc2)c2ccccc21. The number of para-hydroxylation sites is 2. The molecule has 0 spiro atoms. The Balaban J connectivity index is 1.68. The van der Waals surface area contributed by atoms with Crippen molar-refractivity contribution >= 4 is 22.5 Å². The lowest BCUT2D eigenvalue weighted by Crippen LogP contribution is -2.17. The predicted octanol–water partition coefficient (Wildman–Crippen LogP) is 6.90. The van der Waals surface area contributed by atoms with Gasteiger partial charge in [-0.3, -0.25) is 4.79 Å². The number of benzene rings is 3. The average Bonchev–Trinajstić information content (AvgIpc) is 3.14. The Hall–Kier alpha value is -3.74. The van der Waals surface area contributed by atoms with Gasteiger partial charge in [-0.05, 0) is 47.9 Å². The Morgan fingerprint density at radius 3 is 2.28 bits per heavy atom. The van der Waals surface area contributed by atoms with Crippen LogP contribution in [-0.4, -0.2) is 16.8 Å². The largest absolute Gasteiger partial charge is 0.573 e. The maximum Gasteiger partial charge on any atom is 0.573 e. The van der Waals surface area contributed by atoms with Gasteiger partial charge in [0.1, 0.15) is 5.75 Å². The summed E-state index contributed by atoms with van der Waals surface area (Å²) in [6, 6.07) is 20.7. The summed E-state index contributed by atoms with van der Waals surface area (Å²) in [5, 5.41) is 3.53. The van der Waals surface area contributed by atoms with Gasteiger partial charge in [-0.25, -0.2) is 0 Å². The molecule has 0 aliphatic carbocycles. The van der Waals surface area contributed by atoms with Crippen LogP contribution in [0.25, 0.3) is 16.6 Å². The highest BCUT2D eigenvalue weighted by Gasteiger charge is 2.31. The van der Waals surface area contributed by atoms with Gasteiger partial charge < -0.3 is 14.6 Å². The summed E-state index contributed by atoms with van der Waals surface area (Å²) in [6.45, 7) is 4.23. The summed E-state index contributed by atoms with van der Waals surface area (Å²) in [7, 11) is 0. The highest BCUT2D eigenvalue weighted by atomic mass is 19.4. The van der Waals surface area contributed by atoms with E-state index in [-0.39, 0.29) is 11.7 Å². The number of halogens is 3. The molecule has 4 aromatic rings. The zero-order valence-corrected chi connectivity index (χ0v) is 17.5. The van der Waals surface area contributed by atoms with Crippen molar-refractivity contribution in [2.75, 3.05) is 5.32 Å². The second kappa shape index (κ2) is 8.42. The monoisotopic (exact) mass is 438 g/mol. The lowest BCUT2D eigenvalue weighted by molar-refractivity contribution is -0.274. The van der Waals surface area contributed by atoms with Crippen LogP contribution in [0.4, 0.5) is 18.9 Å². The molecule has 1 aromatic heterocycles. The van der Waals surface area contributed by atoms with E-state index in [1.165, 1.54) is 12.1 Å². The first-order chi connectivity index (χ1) is 15.2. The van der Waals surface area contributed by atoms with E-state index in [9.17, 15) is 18.0 Å². The highest BCUT2D eigenvalue weighted by Crippen LogP contribution is 2.30. The molecule has 164 valence electrons. The molecule has 4 nitrogen and oxygen atoms in total. The van der Waals surface area contributed by atoms with Crippen LogP contribution >= 0.6 is 0 Å². The number of hydrogen-bond acceptors (Lipinski definition) is 2. The van der Waals surface area contributed by atoms with E-state index < -0.39 is 6.36 Å². The molecular weight excluding hydrogens is 417 g/mol. The van der Waals surface area contributed by atoms with Gasteiger partial charge in [0.15, 0.2) is 0 Å². The molecule has 0 aliphatic rings. The topological polar surface area (TPSA) is 43.3 Å². The van der Waals surface area contributed by atoms with Gasteiger partial charge in [-0.15, -0.1) is 13.2 Å². The smallest absolute Gasteiger partial charge is 0.406 e. The summed E-state index contributed by atoms with van der Waals surface area (Å²) >= 11 is 0. The summed E-state index contributed by atoms with van der Waals surface area (Å²) in [5.41, 5.74) is 3.87. The third kappa shape index (κ3) is 4.46. The zero-order chi connectivity index (χ0) is 22.9. The molecule has 3 aromatic carbocycles. The van der Waals surface area contributed by atoms with E-state index in [4.69, 9.17) is 0 Å². The molecular formula is C25H21F3N2O2. The second-order valence-electron chi connectivity index (χ2n) is 7.67. The van der Waals surface area contributed by atoms with E-state index >= 15 is 0 Å². The summed E-state index contributed by atoms with van der Waals surface area (Å²) in [6.07, 6.45) is -2.97. The van der Waals surface area contributed by atoms with Crippen LogP contribution in [0.5, 0.6) is 5.75 Å². The first-order valence-electron chi connectivity index (χ1n) is 10.1. The molecule has 0 aliphatic heterocycles. The number of hydrogen-bond donors (Lipinski definition) is 1.